The lowest BCUT2D eigenvalue weighted by Gasteiger charge is -2.07. The van der Waals surface area contributed by atoms with Gasteiger partial charge in [-0.1, -0.05) is 12.1 Å². The molecule has 0 aliphatic carbocycles. The summed E-state index contributed by atoms with van der Waals surface area (Å²) < 4.78 is 13.3. The molecule has 0 spiro atoms. The fourth-order valence-electron chi connectivity index (χ4n) is 0.992. The van der Waals surface area contributed by atoms with Crippen LogP contribution < -0.4 is 0 Å². The summed E-state index contributed by atoms with van der Waals surface area (Å²) in [6.45, 7) is 1.70. The minimum Gasteiger partial charge on any atom is -0.211 e. The highest BCUT2D eigenvalue weighted by Gasteiger charge is 2.10. The third-order valence-corrected chi connectivity index (χ3v) is 2.51. The largest absolute Gasteiger partial charge is 0.235 e. The second-order valence-corrected chi connectivity index (χ2v) is 3.33. The molecular weight excluding hydrogens is 237 g/mol. The predicted molar refractivity (Wildman–Crippen MR) is 50.6 cm³/mol. The summed E-state index contributed by atoms with van der Waals surface area (Å²) in [4.78, 5) is 13.5. The van der Waals surface area contributed by atoms with E-state index in [1.807, 2.05) is 0 Å². The first-order valence-electron chi connectivity index (χ1n) is 3.67. The average molecular weight is 244 g/mol. The number of hydrogen-bond acceptors (Lipinski definition) is 2. The second-order valence-electron chi connectivity index (χ2n) is 2.54. The van der Waals surface area contributed by atoms with Crippen molar-refractivity contribution in [2.24, 2.45) is 4.99 Å². The zero-order valence-corrected chi connectivity index (χ0v) is 8.51. The standard InChI is InChI=1S/C9H7BrFNO/c1-6(12-5-13)7-3-2-4-8(11)9(7)10/h2-4,6H,1H3. The molecule has 0 heterocycles. The molecule has 0 amide bonds. The zero-order chi connectivity index (χ0) is 9.84. The molecule has 0 aliphatic heterocycles. The number of benzene rings is 1. The van der Waals surface area contributed by atoms with Crippen LogP contribution in [0.5, 0.6) is 0 Å². The molecule has 1 atom stereocenters. The van der Waals surface area contributed by atoms with Crippen molar-refractivity contribution in [3.63, 3.8) is 0 Å². The van der Waals surface area contributed by atoms with Gasteiger partial charge in [0.25, 0.3) is 0 Å². The van der Waals surface area contributed by atoms with Gasteiger partial charge in [0.1, 0.15) is 5.82 Å². The van der Waals surface area contributed by atoms with E-state index in [1.54, 1.807) is 19.1 Å². The molecular formula is C9H7BrFNO. The Balaban J connectivity index is 3.14. The van der Waals surface area contributed by atoms with Crippen molar-refractivity contribution in [2.45, 2.75) is 13.0 Å². The summed E-state index contributed by atoms with van der Waals surface area (Å²) in [6.07, 6.45) is 1.44. The van der Waals surface area contributed by atoms with Gasteiger partial charge in [0.2, 0.25) is 6.08 Å². The fraction of sp³-hybridized carbons (Fsp3) is 0.222. The zero-order valence-electron chi connectivity index (χ0n) is 6.92. The van der Waals surface area contributed by atoms with Crippen LogP contribution in [-0.2, 0) is 4.79 Å². The van der Waals surface area contributed by atoms with Gasteiger partial charge in [0.15, 0.2) is 0 Å². The third-order valence-electron chi connectivity index (χ3n) is 1.68. The van der Waals surface area contributed by atoms with Gasteiger partial charge >= 0.3 is 0 Å². The molecule has 0 saturated heterocycles. The van der Waals surface area contributed by atoms with E-state index < -0.39 is 0 Å². The number of aliphatic imine (C=N–C) groups is 1. The van der Waals surface area contributed by atoms with Crippen molar-refractivity contribution >= 4 is 22.0 Å². The van der Waals surface area contributed by atoms with E-state index in [0.29, 0.717) is 10.0 Å². The van der Waals surface area contributed by atoms with Crippen LogP contribution in [0.15, 0.2) is 27.7 Å². The fourth-order valence-corrected chi connectivity index (χ4v) is 1.59. The lowest BCUT2D eigenvalue weighted by molar-refractivity contribution is 0.559. The lowest BCUT2D eigenvalue weighted by Crippen LogP contribution is -1.92. The van der Waals surface area contributed by atoms with Gasteiger partial charge in [0.05, 0.1) is 10.5 Å². The van der Waals surface area contributed by atoms with Crippen LogP contribution in [0.4, 0.5) is 4.39 Å². The molecule has 1 aromatic rings. The van der Waals surface area contributed by atoms with Crippen LogP contribution in [0.2, 0.25) is 0 Å². The van der Waals surface area contributed by atoms with E-state index >= 15 is 0 Å². The van der Waals surface area contributed by atoms with Crippen LogP contribution in [0.3, 0.4) is 0 Å². The predicted octanol–water partition coefficient (Wildman–Crippen LogP) is 2.99. The van der Waals surface area contributed by atoms with Gasteiger partial charge in [-0.05, 0) is 34.5 Å². The Labute approximate surface area is 83.6 Å². The molecule has 0 radical (unpaired) electrons. The molecule has 2 nitrogen and oxygen atoms in total. The molecule has 0 aromatic heterocycles. The molecule has 68 valence electrons. The summed E-state index contributed by atoms with van der Waals surface area (Å²) in [5.41, 5.74) is 0.642. The summed E-state index contributed by atoms with van der Waals surface area (Å²) in [6, 6.07) is 4.25. The number of rotatable bonds is 2. The Morgan fingerprint density at radius 1 is 1.62 bits per heavy atom. The maximum absolute atomic E-state index is 13.0. The Kier molecular flexibility index (Phi) is 3.34. The quantitative estimate of drug-likeness (QED) is 0.580. The van der Waals surface area contributed by atoms with E-state index in [2.05, 4.69) is 20.9 Å². The van der Waals surface area contributed by atoms with Crippen molar-refractivity contribution < 1.29 is 9.18 Å². The average Bonchev–Trinajstić information content (AvgIpc) is 2.10. The third kappa shape index (κ3) is 2.23. The number of carbonyl (C=O) groups excluding carboxylic acids is 1. The highest BCUT2D eigenvalue weighted by Crippen LogP contribution is 2.27. The van der Waals surface area contributed by atoms with Crippen LogP contribution in [0, 0.1) is 5.82 Å². The Bertz CT molecular complexity index is 361. The van der Waals surface area contributed by atoms with Crippen LogP contribution in [-0.4, -0.2) is 6.08 Å². The number of isocyanates is 1. The summed E-state index contributed by atoms with van der Waals surface area (Å²) in [7, 11) is 0. The Morgan fingerprint density at radius 3 is 2.92 bits per heavy atom. The highest BCUT2D eigenvalue weighted by atomic mass is 79.9. The summed E-state index contributed by atoms with van der Waals surface area (Å²) >= 11 is 3.09. The van der Waals surface area contributed by atoms with Gasteiger partial charge in [-0.3, -0.25) is 0 Å². The topological polar surface area (TPSA) is 29.4 Å². The van der Waals surface area contributed by atoms with Gasteiger partial charge in [-0.15, -0.1) is 0 Å². The van der Waals surface area contributed by atoms with Crippen molar-refractivity contribution in [3.8, 4) is 0 Å². The van der Waals surface area contributed by atoms with Gasteiger partial charge < -0.3 is 0 Å². The molecule has 0 aliphatic rings. The minimum absolute atomic E-state index is 0.349. The Morgan fingerprint density at radius 2 is 2.31 bits per heavy atom. The molecule has 1 rings (SSSR count). The minimum atomic E-state index is -0.373. The maximum atomic E-state index is 13.0. The van der Waals surface area contributed by atoms with Gasteiger partial charge in [0, 0.05) is 0 Å². The molecule has 1 unspecified atom stereocenters. The van der Waals surface area contributed by atoms with Crippen LogP contribution in [0.1, 0.15) is 18.5 Å². The highest BCUT2D eigenvalue weighted by molar-refractivity contribution is 9.10. The van der Waals surface area contributed by atoms with E-state index in [9.17, 15) is 9.18 Å². The normalized spacial score (nSPS) is 11.9. The molecule has 0 bridgehead atoms. The molecule has 0 N–H and O–H groups in total. The SMILES string of the molecule is CC(N=C=O)c1cccc(F)c1Br. The molecule has 0 saturated carbocycles. The smallest absolute Gasteiger partial charge is 0.211 e. The maximum Gasteiger partial charge on any atom is 0.235 e. The Hall–Kier alpha value is -0.990. The molecule has 4 heteroatoms. The summed E-state index contributed by atoms with van der Waals surface area (Å²) in [5.74, 6) is -0.356. The molecule has 13 heavy (non-hydrogen) atoms. The van der Waals surface area contributed by atoms with Crippen molar-refractivity contribution in [1.29, 1.82) is 0 Å². The summed E-state index contributed by atoms with van der Waals surface area (Å²) in [5, 5.41) is 0. The first-order chi connectivity index (χ1) is 6.16. The monoisotopic (exact) mass is 243 g/mol. The molecule has 0 fully saturated rings. The molecule has 1 aromatic carbocycles. The first kappa shape index (κ1) is 10.1. The number of nitrogens with zero attached hydrogens (tertiary/aromatic N) is 1. The van der Waals surface area contributed by atoms with Gasteiger partial charge in [-0.2, -0.15) is 4.99 Å². The van der Waals surface area contributed by atoms with E-state index in [4.69, 9.17) is 0 Å². The van der Waals surface area contributed by atoms with E-state index in [1.165, 1.54) is 12.1 Å². The van der Waals surface area contributed by atoms with Crippen LogP contribution in [0.25, 0.3) is 0 Å². The van der Waals surface area contributed by atoms with Gasteiger partial charge in [-0.25, -0.2) is 9.18 Å². The first-order valence-corrected chi connectivity index (χ1v) is 4.47. The van der Waals surface area contributed by atoms with Crippen molar-refractivity contribution in [1.82, 2.24) is 0 Å². The number of hydrogen-bond donors (Lipinski definition) is 0. The lowest BCUT2D eigenvalue weighted by atomic mass is 10.1. The van der Waals surface area contributed by atoms with Crippen molar-refractivity contribution in [3.05, 3.63) is 34.1 Å². The van der Waals surface area contributed by atoms with Crippen molar-refractivity contribution in [2.75, 3.05) is 0 Å². The van der Waals surface area contributed by atoms with E-state index in [0.717, 1.165) is 0 Å². The second kappa shape index (κ2) is 4.30. The van der Waals surface area contributed by atoms with Crippen LogP contribution >= 0.6 is 15.9 Å². The number of halogens is 2. The van der Waals surface area contributed by atoms with E-state index in [-0.39, 0.29) is 11.9 Å².